The zero-order valence-electron chi connectivity index (χ0n) is 15.1. The van der Waals surface area contributed by atoms with Crippen molar-refractivity contribution >= 4 is 5.91 Å². The Hall–Kier alpha value is -3.48. The average Bonchev–Trinajstić information content (AvgIpc) is 2.65. The van der Waals surface area contributed by atoms with Crippen LogP contribution in [0.15, 0.2) is 64.6 Å². The molecule has 7 heteroatoms. The van der Waals surface area contributed by atoms with Gasteiger partial charge in [-0.2, -0.15) is 0 Å². The van der Waals surface area contributed by atoms with Crippen molar-refractivity contribution in [2.75, 3.05) is 0 Å². The highest BCUT2D eigenvalue weighted by Gasteiger charge is 2.19. The molecule has 1 aromatic carbocycles. The minimum absolute atomic E-state index is 0.191. The maximum atomic E-state index is 12.7. The summed E-state index contributed by atoms with van der Waals surface area (Å²) in [5.41, 5.74) is 2.19. The predicted octanol–water partition coefficient (Wildman–Crippen LogP) is 1.45. The van der Waals surface area contributed by atoms with Crippen molar-refractivity contribution in [3.8, 4) is 0 Å². The molecule has 3 aromatic rings. The summed E-state index contributed by atoms with van der Waals surface area (Å²) in [7, 11) is 0. The first-order valence-corrected chi connectivity index (χ1v) is 8.51. The Bertz CT molecular complexity index is 1070. The first-order valence-electron chi connectivity index (χ1n) is 8.51. The molecule has 0 fully saturated rings. The molecule has 1 amide bonds. The Morgan fingerprint density at radius 2 is 1.81 bits per heavy atom. The van der Waals surface area contributed by atoms with Crippen LogP contribution in [-0.2, 0) is 11.3 Å². The van der Waals surface area contributed by atoms with E-state index in [0.29, 0.717) is 5.56 Å². The van der Waals surface area contributed by atoms with E-state index >= 15 is 0 Å². The second kappa shape index (κ2) is 7.82. The van der Waals surface area contributed by atoms with Gasteiger partial charge in [0.15, 0.2) is 0 Å². The van der Waals surface area contributed by atoms with Crippen molar-refractivity contribution in [2.24, 2.45) is 0 Å². The smallest absolute Gasteiger partial charge is 0.328 e. The maximum Gasteiger partial charge on any atom is 0.328 e. The number of aromatic nitrogens is 3. The molecule has 0 aliphatic carbocycles. The highest BCUT2D eigenvalue weighted by Crippen LogP contribution is 2.24. The fraction of sp³-hybridized carbons (Fsp3) is 0.200. The number of aryl methyl sites for hydroxylation is 2. The molecule has 0 radical (unpaired) electrons. The van der Waals surface area contributed by atoms with Gasteiger partial charge in [-0.05, 0) is 42.7 Å². The van der Waals surface area contributed by atoms with Gasteiger partial charge < -0.3 is 5.32 Å². The van der Waals surface area contributed by atoms with E-state index in [2.05, 4.69) is 15.3 Å². The molecule has 0 spiro atoms. The van der Waals surface area contributed by atoms with Gasteiger partial charge in [-0.3, -0.25) is 24.1 Å². The van der Waals surface area contributed by atoms with Gasteiger partial charge >= 0.3 is 5.69 Å². The number of benzene rings is 1. The van der Waals surface area contributed by atoms with Gasteiger partial charge in [0.1, 0.15) is 6.54 Å². The molecule has 0 unspecified atom stereocenters. The lowest BCUT2D eigenvalue weighted by molar-refractivity contribution is -0.122. The fourth-order valence-corrected chi connectivity index (χ4v) is 2.90. The molecule has 1 atom stereocenters. The topological polar surface area (TPSA) is 96.9 Å². The number of nitrogens with one attached hydrogen (secondary N) is 2. The van der Waals surface area contributed by atoms with E-state index in [-0.39, 0.29) is 18.5 Å². The molecule has 27 heavy (non-hydrogen) atoms. The van der Waals surface area contributed by atoms with Crippen LogP contribution in [0.5, 0.6) is 0 Å². The largest absolute Gasteiger partial charge is 0.344 e. The van der Waals surface area contributed by atoms with Crippen molar-refractivity contribution in [3.63, 3.8) is 0 Å². The van der Waals surface area contributed by atoms with E-state index in [1.54, 1.807) is 19.3 Å². The zero-order valence-corrected chi connectivity index (χ0v) is 15.1. The van der Waals surface area contributed by atoms with Crippen molar-refractivity contribution in [2.45, 2.75) is 26.4 Å². The lowest BCUT2D eigenvalue weighted by Gasteiger charge is -2.21. The van der Waals surface area contributed by atoms with Gasteiger partial charge in [-0.25, -0.2) is 4.79 Å². The summed E-state index contributed by atoms with van der Waals surface area (Å²) >= 11 is 0. The molecular formula is C20H20N4O3. The fourth-order valence-electron chi connectivity index (χ4n) is 2.90. The maximum absolute atomic E-state index is 12.7. The lowest BCUT2D eigenvalue weighted by Crippen LogP contribution is -2.38. The van der Waals surface area contributed by atoms with Crippen molar-refractivity contribution in [3.05, 3.63) is 98.1 Å². The molecule has 2 aromatic heterocycles. The van der Waals surface area contributed by atoms with Crippen LogP contribution in [0.2, 0.25) is 0 Å². The summed E-state index contributed by atoms with van der Waals surface area (Å²) in [6.07, 6.45) is 4.72. The Labute approximate surface area is 155 Å². The van der Waals surface area contributed by atoms with E-state index < -0.39 is 11.2 Å². The van der Waals surface area contributed by atoms with Crippen LogP contribution in [0.1, 0.15) is 28.3 Å². The highest BCUT2D eigenvalue weighted by molar-refractivity contribution is 5.77. The third kappa shape index (κ3) is 4.20. The number of hydrogen-bond acceptors (Lipinski definition) is 4. The van der Waals surface area contributed by atoms with Crippen molar-refractivity contribution in [1.29, 1.82) is 0 Å². The van der Waals surface area contributed by atoms with Gasteiger partial charge in [0, 0.05) is 24.2 Å². The molecule has 0 aliphatic rings. The van der Waals surface area contributed by atoms with Gasteiger partial charge in [-0.15, -0.1) is 0 Å². The Morgan fingerprint density at radius 1 is 1.11 bits per heavy atom. The molecule has 0 saturated carbocycles. The van der Waals surface area contributed by atoms with E-state index in [1.165, 1.54) is 10.8 Å². The van der Waals surface area contributed by atoms with Gasteiger partial charge in [0.2, 0.25) is 5.91 Å². The Morgan fingerprint density at radius 3 is 2.52 bits per heavy atom. The number of pyridine rings is 1. The first kappa shape index (κ1) is 18.3. The number of hydrogen-bond donors (Lipinski definition) is 2. The number of carbonyl (C=O) groups is 1. The van der Waals surface area contributed by atoms with Crippen LogP contribution in [0.25, 0.3) is 0 Å². The van der Waals surface area contributed by atoms with Gasteiger partial charge in [0.05, 0.1) is 6.04 Å². The number of carbonyl (C=O) groups excluding carboxylic acids is 1. The van der Waals surface area contributed by atoms with E-state index in [4.69, 9.17) is 0 Å². The van der Waals surface area contributed by atoms with Gasteiger partial charge in [0.25, 0.3) is 5.56 Å². The minimum Gasteiger partial charge on any atom is -0.344 e. The van der Waals surface area contributed by atoms with Crippen LogP contribution in [0.4, 0.5) is 0 Å². The summed E-state index contributed by atoms with van der Waals surface area (Å²) in [5, 5.41) is 2.98. The second-order valence-electron chi connectivity index (χ2n) is 6.34. The van der Waals surface area contributed by atoms with Crippen LogP contribution < -0.4 is 16.6 Å². The van der Waals surface area contributed by atoms with Crippen LogP contribution in [0.3, 0.4) is 0 Å². The number of nitrogens with zero attached hydrogens (tertiary/aromatic N) is 2. The van der Waals surface area contributed by atoms with Crippen LogP contribution in [0, 0.1) is 13.8 Å². The molecule has 3 rings (SSSR count). The highest BCUT2D eigenvalue weighted by atomic mass is 16.2. The van der Waals surface area contributed by atoms with Crippen LogP contribution >= 0.6 is 0 Å². The third-order valence-corrected chi connectivity index (χ3v) is 4.35. The van der Waals surface area contributed by atoms with Gasteiger partial charge in [-0.1, -0.05) is 24.3 Å². The SMILES string of the molecule is Cc1ccccc1[C@H](NC(=O)Cn1cc(C)c(=O)[nH]c1=O)c1ccncc1. The Kier molecular flexibility index (Phi) is 5.30. The molecular weight excluding hydrogens is 344 g/mol. The minimum atomic E-state index is -0.614. The third-order valence-electron chi connectivity index (χ3n) is 4.35. The molecule has 2 heterocycles. The number of H-pyrrole nitrogens is 1. The lowest BCUT2D eigenvalue weighted by atomic mass is 9.95. The summed E-state index contributed by atoms with van der Waals surface area (Å²) < 4.78 is 1.19. The van der Waals surface area contributed by atoms with Crippen molar-refractivity contribution < 1.29 is 4.79 Å². The number of aromatic amines is 1. The molecule has 2 N–H and O–H groups in total. The molecule has 138 valence electrons. The van der Waals surface area contributed by atoms with E-state index in [1.807, 2.05) is 43.3 Å². The normalized spacial score (nSPS) is 11.8. The van der Waals surface area contributed by atoms with Crippen molar-refractivity contribution in [1.82, 2.24) is 19.9 Å². The second-order valence-corrected chi connectivity index (χ2v) is 6.34. The molecule has 0 bridgehead atoms. The monoisotopic (exact) mass is 364 g/mol. The summed E-state index contributed by atoms with van der Waals surface area (Å²) in [4.78, 5) is 42.3. The molecule has 0 saturated heterocycles. The van der Waals surface area contributed by atoms with Crippen LogP contribution in [-0.4, -0.2) is 20.4 Å². The number of amides is 1. The predicted molar refractivity (Wildman–Crippen MR) is 101 cm³/mol. The van der Waals surface area contributed by atoms with E-state index in [0.717, 1.165) is 16.7 Å². The Balaban J connectivity index is 1.90. The quantitative estimate of drug-likeness (QED) is 0.716. The van der Waals surface area contributed by atoms with E-state index in [9.17, 15) is 14.4 Å². The first-order chi connectivity index (χ1) is 13.0. The summed E-state index contributed by atoms with van der Waals surface area (Å²) in [5.74, 6) is -0.339. The zero-order chi connectivity index (χ0) is 19.4. The molecule has 7 nitrogen and oxygen atoms in total. The number of rotatable bonds is 5. The standard InChI is InChI=1S/C20H20N4O3/c1-13-5-3-4-6-16(13)18(15-7-9-21-10-8-15)22-17(25)12-24-11-14(2)19(26)23-20(24)27/h3-11,18H,12H2,1-2H3,(H,22,25)(H,23,26,27)/t18-/m1/s1. The summed E-state index contributed by atoms with van der Waals surface area (Å²) in [6, 6.07) is 11.1. The summed E-state index contributed by atoms with van der Waals surface area (Å²) in [6.45, 7) is 3.37. The average molecular weight is 364 g/mol. The molecule has 0 aliphatic heterocycles.